The second kappa shape index (κ2) is 7.92. The number of methoxy groups -OCH3 is 1. The second-order valence-electron chi connectivity index (χ2n) is 5.19. The highest BCUT2D eigenvalue weighted by Crippen LogP contribution is 2.12. The van der Waals surface area contributed by atoms with Crippen LogP contribution in [0.1, 0.15) is 25.0 Å². The Labute approximate surface area is 116 Å². The molecule has 106 valence electrons. The van der Waals surface area contributed by atoms with Gasteiger partial charge in [-0.1, -0.05) is 38.1 Å². The monoisotopic (exact) mass is 263 g/mol. The number of hydrogen-bond acceptors (Lipinski definition) is 3. The molecule has 3 N–H and O–H groups in total. The summed E-state index contributed by atoms with van der Waals surface area (Å²) in [6.45, 7) is 7.83. The summed E-state index contributed by atoms with van der Waals surface area (Å²) in [4.78, 5) is 2.34. The van der Waals surface area contributed by atoms with E-state index < -0.39 is 0 Å². The lowest BCUT2D eigenvalue weighted by Crippen LogP contribution is -2.31. The second-order valence-corrected chi connectivity index (χ2v) is 5.19. The molecule has 1 aromatic rings. The maximum atomic E-state index is 7.63. The zero-order valence-corrected chi connectivity index (χ0v) is 12.1. The van der Waals surface area contributed by atoms with Gasteiger partial charge in [-0.3, -0.25) is 10.3 Å². The van der Waals surface area contributed by atoms with Crippen molar-refractivity contribution in [3.05, 3.63) is 35.4 Å². The summed E-state index contributed by atoms with van der Waals surface area (Å²) >= 11 is 0. The summed E-state index contributed by atoms with van der Waals surface area (Å²) in [6.07, 6.45) is 0. The maximum absolute atomic E-state index is 7.63. The van der Waals surface area contributed by atoms with Crippen LogP contribution in [0.25, 0.3) is 0 Å². The van der Waals surface area contributed by atoms with Crippen molar-refractivity contribution in [3.8, 4) is 0 Å². The lowest BCUT2D eigenvalue weighted by atomic mass is 10.1. The number of ether oxygens (including phenoxy) is 1. The number of hydrogen-bond donors (Lipinski definition) is 2. The van der Waals surface area contributed by atoms with E-state index in [1.54, 1.807) is 7.11 Å². The van der Waals surface area contributed by atoms with Gasteiger partial charge in [-0.05, 0) is 11.5 Å². The summed E-state index contributed by atoms with van der Waals surface area (Å²) < 4.78 is 5.16. The van der Waals surface area contributed by atoms with Crippen LogP contribution in [0.2, 0.25) is 0 Å². The number of nitrogen functional groups attached to an aromatic ring is 1. The first-order valence-corrected chi connectivity index (χ1v) is 6.68. The molecule has 0 heterocycles. The lowest BCUT2D eigenvalue weighted by Gasteiger charge is -2.25. The van der Waals surface area contributed by atoms with Gasteiger partial charge in [0.1, 0.15) is 5.84 Å². The van der Waals surface area contributed by atoms with Crippen LogP contribution in [-0.2, 0) is 11.3 Å². The molecule has 1 rings (SSSR count). The molecule has 0 saturated heterocycles. The van der Waals surface area contributed by atoms with Crippen LogP contribution in [-0.4, -0.2) is 37.5 Å². The molecule has 1 aromatic carbocycles. The molecule has 0 radical (unpaired) electrons. The standard InChI is InChI=1S/C15H25N3O/c1-12(2)10-18(8-9-19-3)11-13-6-4-5-7-14(13)15(16)17/h4-7,12H,8-11H2,1-3H3,(H3,16,17). The van der Waals surface area contributed by atoms with E-state index in [-0.39, 0.29) is 5.84 Å². The van der Waals surface area contributed by atoms with E-state index in [0.29, 0.717) is 5.92 Å². The minimum atomic E-state index is 0.131. The van der Waals surface area contributed by atoms with Gasteiger partial charge in [-0.2, -0.15) is 0 Å². The molecule has 0 spiro atoms. The summed E-state index contributed by atoms with van der Waals surface area (Å²) in [6, 6.07) is 7.85. The predicted octanol–water partition coefficient (Wildman–Crippen LogP) is 2.08. The first-order valence-electron chi connectivity index (χ1n) is 6.68. The van der Waals surface area contributed by atoms with Crippen LogP contribution >= 0.6 is 0 Å². The third-order valence-electron chi connectivity index (χ3n) is 2.94. The molecule has 0 unspecified atom stereocenters. The zero-order chi connectivity index (χ0) is 14.3. The van der Waals surface area contributed by atoms with Crippen molar-refractivity contribution < 1.29 is 4.74 Å². The number of rotatable bonds is 8. The Morgan fingerprint density at radius 1 is 1.37 bits per heavy atom. The van der Waals surface area contributed by atoms with E-state index in [2.05, 4.69) is 18.7 Å². The van der Waals surface area contributed by atoms with Gasteiger partial charge in [0.05, 0.1) is 6.61 Å². The molecule has 0 aliphatic rings. The first kappa shape index (κ1) is 15.7. The zero-order valence-electron chi connectivity index (χ0n) is 12.1. The molecule has 0 amide bonds. The number of nitrogens with two attached hydrogens (primary N) is 1. The van der Waals surface area contributed by atoms with E-state index in [9.17, 15) is 0 Å². The van der Waals surface area contributed by atoms with E-state index in [1.807, 2.05) is 24.3 Å². The van der Waals surface area contributed by atoms with Gasteiger partial charge < -0.3 is 10.5 Å². The highest BCUT2D eigenvalue weighted by molar-refractivity contribution is 5.96. The van der Waals surface area contributed by atoms with Crippen LogP contribution in [0, 0.1) is 11.3 Å². The largest absolute Gasteiger partial charge is 0.384 e. The van der Waals surface area contributed by atoms with Crippen molar-refractivity contribution in [1.29, 1.82) is 5.41 Å². The van der Waals surface area contributed by atoms with Crippen LogP contribution in [0.3, 0.4) is 0 Å². The van der Waals surface area contributed by atoms with Gasteiger partial charge in [-0.25, -0.2) is 0 Å². The van der Waals surface area contributed by atoms with Gasteiger partial charge in [0.2, 0.25) is 0 Å². The number of amidine groups is 1. The van der Waals surface area contributed by atoms with Crippen LogP contribution < -0.4 is 5.73 Å². The van der Waals surface area contributed by atoms with Crippen molar-refractivity contribution in [3.63, 3.8) is 0 Å². The topological polar surface area (TPSA) is 62.3 Å². The fourth-order valence-corrected chi connectivity index (χ4v) is 2.13. The van der Waals surface area contributed by atoms with E-state index in [4.69, 9.17) is 15.9 Å². The SMILES string of the molecule is COCCN(Cc1ccccc1C(=N)N)CC(C)C. The average Bonchev–Trinajstić information content (AvgIpc) is 2.35. The van der Waals surface area contributed by atoms with Crippen molar-refractivity contribution in [2.45, 2.75) is 20.4 Å². The molecule has 0 aromatic heterocycles. The van der Waals surface area contributed by atoms with Crippen molar-refractivity contribution >= 4 is 5.84 Å². The number of nitrogens with zero attached hydrogens (tertiary/aromatic N) is 1. The Morgan fingerprint density at radius 3 is 2.63 bits per heavy atom. The Kier molecular flexibility index (Phi) is 6.53. The predicted molar refractivity (Wildman–Crippen MR) is 79.4 cm³/mol. The molecule has 0 aliphatic heterocycles. The minimum Gasteiger partial charge on any atom is -0.384 e. The summed E-state index contributed by atoms with van der Waals surface area (Å²) in [7, 11) is 1.72. The first-order chi connectivity index (χ1) is 9.04. The summed E-state index contributed by atoms with van der Waals surface area (Å²) in [5.74, 6) is 0.730. The van der Waals surface area contributed by atoms with E-state index in [1.165, 1.54) is 0 Å². The molecule has 0 aliphatic carbocycles. The molecular formula is C15H25N3O. The smallest absolute Gasteiger partial charge is 0.123 e. The fraction of sp³-hybridized carbons (Fsp3) is 0.533. The third-order valence-corrected chi connectivity index (χ3v) is 2.94. The highest BCUT2D eigenvalue weighted by atomic mass is 16.5. The molecule has 4 nitrogen and oxygen atoms in total. The third kappa shape index (κ3) is 5.41. The Morgan fingerprint density at radius 2 is 2.05 bits per heavy atom. The molecular weight excluding hydrogens is 238 g/mol. The Bertz CT molecular complexity index is 404. The lowest BCUT2D eigenvalue weighted by molar-refractivity contribution is 0.136. The molecule has 0 atom stereocenters. The van der Waals surface area contributed by atoms with Gasteiger partial charge in [0.25, 0.3) is 0 Å². The van der Waals surface area contributed by atoms with Gasteiger partial charge in [-0.15, -0.1) is 0 Å². The molecule has 0 bridgehead atoms. The van der Waals surface area contributed by atoms with Gasteiger partial charge in [0, 0.05) is 32.3 Å². The van der Waals surface area contributed by atoms with Crippen molar-refractivity contribution in [2.24, 2.45) is 11.7 Å². The number of benzene rings is 1. The fourth-order valence-electron chi connectivity index (χ4n) is 2.13. The van der Waals surface area contributed by atoms with Crippen molar-refractivity contribution in [2.75, 3.05) is 26.8 Å². The van der Waals surface area contributed by atoms with Gasteiger partial charge in [0.15, 0.2) is 0 Å². The molecule has 0 saturated carbocycles. The maximum Gasteiger partial charge on any atom is 0.123 e. The van der Waals surface area contributed by atoms with Crippen LogP contribution in [0.4, 0.5) is 0 Å². The van der Waals surface area contributed by atoms with Crippen molar-refractivity contribution in [1.82, 2.24) is 4.90 Å². The molecule has 19 heavy (non-hydrogen) atoms. The average molecular weight is 263 g/mol. The molecule has 0 fully saturated rings. The van der Waals surface area contributed by atoms with Crippen LogP contribution in [0.15, 0.2) is 24.3 Å². The minimum absolute atomic E-state index is 0.131. The Hall–Kier alpha value is -1.39. The summed E-state index contributed by atoms with van der Waals surface area (Å²) in [5.41, 5.74) is 7.56. The highest BCUT2D eigenvalue weighted by Gasteiger charge is 2.11. The number of nitrogens with one attached hydrogen (secondary N) is 1. The van der Waals surface area contributed by atoms with Gasteiger partial charge >= 0.3 is 0 Å². The van der Waals surface area contributed by atoms with E-state index in [0.717, 1.165) is 37.4 Å². The quantitative estimate of drug-likeness (QED) is 0.557. The summed E-state index contributed by atoms with van der Waals surface area (Å²) in [5, 5.41) is 7.63. The van der Waals surface area contributed by atoms with Crippen LogP contribution in [0.5, 0.6) is 0 Å². The molecule has 4 heteroatoms. The normalized spacial score (nSPS) is 11.2. The van der Waals surface area contributed by atoms with E-state index >= 15 is 0 Å². The Balaban J connectivity index is 2.80.